The van der Waals surface area contributed by atoms with Crippen molar-refractivity contribution in [2.75, 3.05) is 13.1 Å². The summed E-state index contributed by atoms with van der Waals surface area (Å²) in [5.74, 6) is -1.35. The molecule has 0 saturated carbocycles. The van der Waals surface area contributed by atoms with Crippen LogP contribution in [0.3, 0.4) is 0 Å². The first-order chi connectivity index (χ1) is 10.1. The van der Waals surface area contributed by atoms with Gasteiger partial charge in [-0.1, -0.05) is 37.3 Å². The minimum atomic E-state index is -1.02. The van der Waals surface area contributed by atoms with Crippen LogP contribution in [0.1, 0.15) is 23.8 Å². The molecule has 1 heterocycles. The highest BCUT2D eigenvalue weighted by Gasteiger charge is 2.20. The Hall–Kier alpha value is -2.21. The van der Waals surface area contributed by atoms with Gasteiger partial charge >= 0.3 is 5.97 Å². The van der Waals surface area contributed by atoms with Crippen LogP contribution in [0.5, 0.6) is 0 Å². The molecule has 1 N–H and O–H groups in total. The molecular formula is C15H16N2O3S. The van der Waals surface area contributed by atoms with Gasteiger partial charge in [-0.3, -0.25) is 9.59 Å². The maximum absolute atomic E-state index is 12.3. The van der Waals surface area contributed by atoms with Gasteiger partial charge in [0.2, 0.25) is 0 Å². The highest BCUT2D eigenvalue weighted by atomic mass is 32.1. The van der Waals surface area contributed by atoms with Crippen LogP contribution in [0.15, 0.2) is 35.7 Å². The molecule has 2 aromatic rings. The predicted octanol–water partition coefficient (Wildman–Crippen LogP) is 2.75. The van der Waals surface area contributed by atoms with Gasteiger partial charge in [-0.15, -0.1) is 11.3 Å². The summed E-state index contributed by atoms with van der Waals surface area (Å²) in [6.07, 6.45) is 0.703. The summed E-state index contributed by atoms with van der Waals surface area (Å²) < 4.78 is 0. The average Bonchev–Trinajstić information content (AvgIpc) is 2.96. The number of aliphatic carboxylic acids is 1. The van der Waals surface area contributed by atoms with Gasteiger partial charge in [0.15, 0.2) is 0 Å². The number of carbonyl (C=O) groups is 2. The zero-order valence-corrected chi connectivity index (χ0v) is 12.5. The molecule has 0 fully saturated rings. The van der Waals surface area contributed by atoms with Crippen LogP contribution in [0.2, 0.25) is 0 Å². The van der Waals surface area contributed by atoms with E-state index in [9.17, 15) is 9.59 Å². The number of nitrogens with zero attached hydrogens (tertiary/aromatic N) is 2. The number of amides is 1. The Morgan fingerprint density at radius 1 is 1.29 bits per heavy atom. The summed E-state index contributed by atoms with van der Waals surface area (Å²) in [7, 11) is 0. The van der Waals surface area contributed by atoms with Crippen LogP contribution in [0.25, 0.3) is 10.6 Å². The zero-order valence-electron chi connectivity index (χ0n) is 11.7. The van der Waals surface area contributed by atoms with E-state index < -0.39 is 5.97 Å². The highest BCUT2D eigenvalue weighted by molar-refractivity contribution is 7.13. The van der Waals surface area contributed by atoms with Crippen LogP contribution in [-0.4, -0.2) is 40.0 Å². The van der Waals surface area contributed by atoms with E-state index in [-0.39, 0.29) is 12.5 Å². The number of hydrogen-bond donors (Lipinski definition) is 1. The van der Waals surface area contributed by atoms with Crippen molar-refractivity contribution in [1.82, 2.24) is 9.88 Å². The number of rotatable bonds is 6. The molecule has 0 unspecified atom stereocenters. The summed E-state index contributed by atoms with van der Waals surface area (Å²) in [6.45, 7) is 2.01. The quantitative estimate of drug-likeness (QED) is 0.891. The average molecular weight is 304 g/mol. The van der Waals surface area contributed by atoms with E-state index in [4.69, 9.17) is 5.11 Å². The smallest absolute Gasteiger partial charge is 0.323 e. The molecule has 0 aliphatic heterocycles. The first-order valence-electron chi connectivity index (χ1n) is 6.63. The standard InChI is InChI=1S/C15H16N2O3S/c1-2-8-17(9-13(18)19)15(20)12-10-21-14(16-12)11-6-4-3-5-7-11/h3-7,10H,2,8-9H2,1H3,(H,18,19). The minimum Gasteiger partial charge on any atom is -0.480 e. The van der Waals surface area contributed by atoms with Crippen molar-refractivity contribution in [2.45, 2.75) is 13.3 Å². The largest absolute Gasteiger partial charge is 0.480 e. The molecule has 5 nitrogen and oxygen atoms in total. The fraction of sp³-hybridized carbons (Fsp3) is 0.267. The third-order valence-corrected chi connectivity index (χ3v) is 3.74. The zero-order chi connectivity index (χ0) is 15.2. The van der Waals surface area contributed by atoms with E-state index in [1.807, 2.05) is 37.3 Å². The number of carbonyl (C=O) groups excluding carboxylic acids is 1. The number of carboxylic acid groups (broad SMARTS) is 1. The lowest BCUT2D eigenvalue weighted by molar-refractivity contribution is -0.137. The summed E-state index contributed by atoms with van der Waals surface area (Å²) in [6, 6.07) is 9.58. The fourth-order valence-corrected chi connectivity index (χ4v) is 2.73. The van der Waals surface area contributed by atoms with Crippen molar-refractivity contribution in [2.24, 2.45) is 0 Å². The summed E-state index contributed by atoms with van der Waals surface area (Å²) in [5, 5.41) is 11.3. The highest BCUT2D eigenvalue weighted by Crippen LogP contribution is 2.23. The van der Waals surface area contributed by atoms with E-state index in [1.165, 1.54) is 16.2 Å². The normalized spacial score (nSPS) is 10.3. The number of thiazole rings is 1. The molecule has 0 saturated heterocycles. The summed E-state index contributed by atoms with van der Waals surface area (Å²) in [5.41, 5.74) is 1.25. The number of carboxylic acids is 1. The van der Waals surface area contributed by atoms with E-state index in [0.29, 0.717) is 18.7 Å². The second-order valence-corrected chi connectivity index (χ2v) is 5.38. The molecule has 0 bridgehead atoms. The number of hydrogen-bond acceptors (Lipinski definition) is 4. The van der Waals surface area contributed by atoms with Crippen LogP contribution >= 0.6 is 11.3 Å². The van der Waals surface area contributed by atoms with Crippen molar-refractivity contribution in [3.8, 4) is 10.6 Å². The number of benzene rings is 1. The Labute approximate surface area is 126 Å². The lowest BCUT2D eigenvalue weighted by Crippen LogP contribution is -2.36. The van der Waals surface area contributed by atoms with Crippen molar-refractivity contribution in [3.05, 3.63) is 41.4 Å². The van der Waals surface area contributed by atoms with Crippen LogP contribution in [0.4, 0.5) is 0 Å². The Kier molecular flexibility index (Phi) is 5.05. The first-order valence-corrected chi connectivity index (χ1v) is 7.51. The Morgan fingerprint density at radius 3 is 2.62 bits per heavy atom. The third-order valence-electron chi connectivity index (χ3n) is 2.85. The molecule has 0 aliphatic rings. The maximum atomic E-state index is 12.3. The molecule has 110 valence electrons. The van der Waals surface area contributed by atoms with E-state index >= 15 is 0 Å². The molecule has 1 amide bonds. The topological polar surface area (TPSA) is 70.5 Å². The fourth-order valence-electron chi connectivity index (χ4n) is 1.93. The minimum absolute atomic E-state index is 0.300. The second kappa shape index (κ2) is 6.99. The van der Waals surface area contributed by atoms with Crippen LogP contribution < -0.4 is 0 Å². The van der Waals surface area contributed by atoms with Gasteiger partial charge in [-0.2, -0.15) is 0 Å². The number of aromatic nitrogens is 1. The van der Waals surface area contributed by atoms with Gasteiger partial charge < -0.3 is 10.0 Å². The van der Waals surface area contributed by atoms with Gasteiger partial charge in [-0.05, 0) is 6.42 Å². The van der Waals surface area contributed by atoms with Crippen molar-refractivity contribution in [1.29, 1.82) is 0 Å². The Morgan fingerprint density at radius 2 is 2.00 bits per heavy atom. The molecule has 0 aliphatic carbocycles. The second-order valence-electron chi connectivity index (χ2n) is 4.52. The van der Waals surface area contributed by atoms with Gasteiger partial charge in [0.1, 0.15) is 17.2 Å². The molecule has 0 spiro atoms. The van der Waals surface area contributed by atoms with Gasteiger partial charge in [-0.25, -0.2) is 4.98 Å². The van der Waals surface area contributed by atoms with E-state index in [1.54, 1.807) is 5.38 Å². The molecular weight excluding hydrogens is 288 g/mol. The van der Waals surface area contributed by atoms with Crippen molar-refractivity contribution >= 4 is 23.2 Å². The van der Waals surface area contributed by atoms with Gasteiger partial charge in [0, 0.05) is 17.5 Å². The molecule has 0 radical (unpaired) electrons. The Balaban J connectivity index is 2.19. The van der Waals surface area contributed by atoms with Gasteiger partial charge in [0.05, 0.1) is 0 Å². The summed E-state index contributed by atoms with van der Waals surface area (Å²) in [4.78, 5) is 28.8. The Bertz CT molecular complexity index is 625. The third kappa shape index (κ3) is 3.88. The monoisotopic (exact) mass is 304 g/mol. The lowest BCUT2D eigenvalue weighted by atomic mass is 10.2. The van der Waals surface area contributed by atoms with E-state index in [0.717, 1.165) is 10.6 Å². The molecule has 6 heteroatoms. The van der Waals surface area contributed by atoms with Crippen LogP contribution in [-0.2, 0) is 4.79 Å². The first kappa shape index (κ1) is 15.2. The molecule has 1 aromatic carbocycles. The van der Waals surface area contributed by atoms with Crippen molar-refractivity contribution in [3.63, 3.8) is 0 Å². The summed E-state index contributed by atoms with van der Waals surface area (Å²) >= 11 is 1.38. The van der Waals surface area contributed by atoms with E-state index in [2.05, 4.69) is 4.98 Å². The van der Waals surface area contributed by atoms with Crippen molar-refractivity contribution < 1.29 is 14.7 Å². The van der Waals surface area contributed by atoms with Gasteiger partial charge in [0.25, 0.3) is 5.91 Å². The van der Waals surface area contributed by atoms with Crippen LogP contribution in [0, 0.1) is 0 Å². The predicted molar refractivity (Wildman–Crippen MR) is 81.4 cm³/mol. The molecule has 1 aromatic heterocycles. The lowest BCUT2D eigenvalue weighted by Gasteiger charge is -2.18. The SMILES string of the molecule is CCCN(CC(=O)O)C(=O)c1csc(-c2ccccc2)n1. The molecule has 0 atom stereocenters. The molecule has 2 rings (SSSR count). The molecule has 21 heavy (non-hydrogen) atoms. The maximum Gasteiger partial charge on any atom is 0.323 e.